The summed E-state index contributed by atoms with van der Waals surface area (Å²) in [6, 6.07) is 8.61. The number of carbonyl (C=O) groups excluding carboxylic acids is 1. The molecule has 1 aromatic heterocycles. The topological polar surface area (TPSA) is 59.0 Å². The predicted octanol–water partition coefficient (Wildman–Crippen LogP) is 3.22. The SMILES string of the molecule is CNC(C(=O)NCC1(c2ccc(C(C)(C)C)cc2)CCC1)c1cnn(C)c1. The first-order valence-electron chi connectivity index (χ1n) is 9.80. The zero-order valence-corrected chi connectivity index (χ0v) is 17.2. The predicted molar refractivity (Wildman–Crippen MR) is 109 cm³/mol. The van der Waals surface area contributed by atoms with Crippen molar-refractivity contribution < 1.29 is 4.79 Å². The number of nitrogens with one attached hydrogen (secondary N) is 2. The molecule has 0 saturated heterocycles. The molecule has 1 aliphatic carbocycles. The monoisotopic (exact) mass is 368 g/mol. The number of aromatic nitrogens is 2. The molecule has 3 rings (SSSR count). The van der Waals surface area contributed by atoms with E-state index in [1.54, 1.807) is 10.9 Å². The highest BCUT2D eigenvalue weighted by Gasteiger charge is 2.39. The molecule has 0 aliphatic heterocycles. The molecule has 1 heterocycles. The van der Waals surface area contributed by atoms with E-state index < -0.39 is 0 Å². The Kier molecular flexibility index (Phi) is 5.43. The molecule has 0 bridgehead atoms. The lowest BCUT2D eigenvalue weighted by Crippen LogP contribution is -2.48. The van der Waals surface area contributed by atoms with E-state index in [0.29, 0.717) is 6.54 Å². The maximum Gasteiger partial charge on any atom is 0.241 e. The minimum atomic E-state index is -0.376. The van der Waals surface area contributed by atoms with Crippen LogP contribution in [0.5, 0.6) is 0 Å². The highest BCUT2D eigenvalue weighted by molar-refractivity contribution is 5.83. The van der Waals surface area contributed by atoms with Crippen LogP contribution in [0.2, 0.25) is 0 Å². The van der Waals surface area contributed by atoms with E-state index in [-0.39, 0.29) is 22.8 Å². The van der Waals surface area contributed by atoms with E-state index >= 15 is 0 Å². The molecule has 5 heteroatoms. The molecule has 1 aromatic carbocycles. The van der Waals surface area contributed by atoms with Crippen molar-refractivity contribution in [3.05, 3.63) is 53.3 Å². The molecular weight excluding hydrogens is 336 g/mol. The van der Waals surface area contributed by atoms with Gasteiger partial charge in [0, 0.05) is 30.8 Å². The van der Waals surface area contributed by atoms with Gasteiger partial charge in [0.05, 0.1) is 6.20 Å². The molecule has 1 saturated carbocycles. The third-order valence-electron chi connectivity index (χ3n) is 5.88. The third kappa shape index (κ3) is 4.08. The van der Waals surface area contributed by atoms with Gasteiger partial charge in [-0.3, -0.25) is 9.48 Å². The van der Waals surface area contributed by atoms with Crippen molar-refractivity contribution in [2.24, 2.45) is 7.05 Å². The van der Waals surface area contributed by atoms with Crippen molar-refractivity contribution in [2.75, 3.05) is 13.6 Å². The number of hydrogen-bond donors (Lipinski definition) is 2. The van der Waals surface area contributed by atoms with Crippen LogP contribution in [-0.2, 0) is 22.7 Å². The first-order chi connectivity index (χ1) is 12.7. The number of likely N-dealkylation sites (N-methyl/N-ethyl adjacent to an activating group) is 1. The van der Waals surface area contributed by atoms with Crippen molar-refractivity contribution in [1.29, 1.82) is 0 Å². The summed E-state index contributed by atoms with van der Waals surface area (Å²) < 4.78 is 1.72. The van der Waals surface area contributed by atoms with Gasteiger partial charge in [0.25, 0.3) is 0 Å². The van der Waals surface area contributed by atoms with Crippen LogP contribution in [0.15, 0.2) is 36.7 Å². The van der Waals surface area contributed by atoms with Gasteiger partial charge in [0.2, 0.25) is 5.91 Å². The Morgan fingerprint density at radius 2 is 1.93 bits per heavy atom. The second-order valence-electron chi connectivity index (χ2n) is 8.85. The summed E-state index contributed by atoms with van der Waals surface area (Å²) in [5.74, 6) is 0.00286. The number of aryl methyl sites for hydroxylation is 1. The van der Waals surface area contributed by atoms with Gasteiger partial charge in [-0.1, -0.05) is 51.5 Å². The maximum absolute atomic E-state index is 12.8. The van der Waals surface area contributed by atoms with Gasteiger partial charge in [-0.2, -0.15) is 5.10 Å². The van der Waals surface area contributed by atoms with E-state index in [2.05, 4.69) is 60.8 Å². The molecule has 0 spiro atoms. The first-order valence-corrected chi connectivity index (χ1v) is 9.80. The summed E-state index contributed by atoms with van der Waals surface area (Å²) in [5, 5.41) is 10.5. The minimum Gasteiger partial charge on any atom is -0.354 e. The van der Waals surface area contributed by atoms with Crippen molar-refractivity contribution >= 4 is 5.91 Å². The normalized spacial score (nSPS) is 17.2. The molecule has 1 unspecified atom stereocenters. The van der Waals surface area contributed by atoms with Crippen molar-refractivity contribution in [1.82, 2.24) is 20.4 Å². The second kappa shape index (κ2) is 7.47. The van der Waals surface area contributed by atoms with Gasteiger partial charge >= 0.3 is 0 Å². The van der Waals surface area contributed by atoms with E-state index in [0.717, 1.165) is 18.4 Å². The number of benzene rings is 1. The fourth-order valence-corrected chi connectivity index (χ4v) is 3.89. The molecule has 1 amide bonds. The second-order valence-corrected chi connectivity index (χ2v) is 8.85. The Hall–Kier alpha value is -2.14. The molecule has 0 radical (unpaired) electrons. The summed E-state index contributed by atoms with van der Waals surface area (Å²) in [6.07, 6.45) is 7.09. The van der Waals surface area contributed by atoms with Gasteiger partial charge in [-0.05, 0) is 36.4 Å². The van der Waals surface area contributed by atoms with Gasteiger partial charge < -0.3 is 10.6 Å². The molecule has 146 valence electrons. The number of amides is 1. The lowest BCUT2D eigenvalue weighted by atomic mass is 9.64. The van der Waals surface area contributed by atoms with Crippen LogP contribution in [0.4, 0.5) is 0 Å². The lowest BCUT2D eigenvalue weighted by Gasteiger charge is -2.43. The zero-order valence-electron chi connectivity index (χ0n) is 17.2. The van der Waals surface area contributed by atoms with Crippen molar-refractivity contribution in [3.63, 3.8) is 0 Å². The summed E-state index contributed by atoms with van der Waals surface area (Å²) in [6.45, 7) is 7.38. The minimum absolute atomic E-state index is 0.00286. The van der Waals surface area contributed by atoms with Crippen LogP contribution in [0, 0.1) is 0 Å². The van der Waals surface area contributed by atoms with Crippen LogP contribution in [0.3, 0.4) is 0 Å². The molecule has 2 N–H and O–H groups in total. The maximum atomic E-state index is 12.8. The largest absolute Gasteiger partial charge is 0.354 e. The molecule has 1 aliphatic rings. The number of nitrogens with zero attached hydrogens (tertiary/aromatic N) is 2. The van der Waals surface area contributed by atoms with E-state index in [1.807, 2.05) is 20.3 Å². The highest BCUT2D eigenvalue weighted by Crippen LogP contribution is 2.43. The van der Waals surface area contributed by atoms with Gasteiger partial charge in [0.15, 0.2) is 0 Å². The smallest absolute Gasteiger partial charge is 0.241 e. The number of hydrogen-bond acceptors (Lipinski definition) is 3. The van der Waals surface area contributed by atoms with E-state index in [9.17, 15) is 4.79 Å². The Bertz CT molecular complexity index is 781. The Morgan fingerprint density at radius 1 is 1.26 bits per heavy atom. The van der Waals surface area contributed by atoms with Crippen LogP contribution in [-0.4, -0.2) is 29.3 Å². The van der Waals surface area contributed by atoms with Gasteiger partial charge in [-0.25, -0.2) is 0 Å². The van der Waals surface area contributed by atoms with Gasteiger partial charge in [-0.15, -0.1) is 0 Å². The molecule has 27 heavy (non-hydrogen) atoms. The van der Waals surface area contributed by atoms with Crippen LogP contribution < -0.4 is 10.6 Å². The summed E-state index contributed by atoms with van der Waals surface area (Å²) >= 11 is 0. The molecular formula is C22H32N4O. The first kappa shape index (κ1) is 19.6. The van der Waals surface area contributed by atoms with Crippen molar-refractivity contribution in [3.8, 4) is 0 Å². The van der Waals surface area contributed by atoms with Crippen LogP contribution in [0.1, 0.15) is 62.8 Å². The fraction of sp³-hybridized carbons (Fsp3) is 0.545. The van der Waals surface area contributed by atoms with E-state index in [4.69, 9.17) is 0 Å². The highest BCUT2D eigenvalue weighted by atomic mass is 16.2. The number of rotatable bonds is 6. The standard InChI is InChI=1S/C22H32N4O/c1-21(2,3)17-7-9-18(10-8-17)22(11-6-12-22)15-24-20(27)19(23-4)16-13-25-26(5)14-16/h7-10,13-14,19,23H,6,11-12,15H2,1-5H3,(H,24,27). The molecule has 2 aromatic rings. The number of carbonyl (C=O) groups is 1. The Labute approximate surface area is 162 Å². The Morgan fingerprint density at radius 3 is 2.37 bits per heavy atom. The quantitative estimate of drug-likeness (QED) is 0.823. The molecule has 1 fully saturated rings. The third-order valence-corrected chi connectivity index (χ3v) is 5.88. The van der Waals surface area contributed by atoms with E-state index in [1.165, 1.54) is 17.5 Å². The van der Waals surface area contributed by atoms with Gasteiger partial charge in [0.1, 0.15) is 6.04 Å². The Balaban J connectivity index is 1.70. The van der Waals surface area contributed by atoms with Crippen LogP contribution >= 0.6 is 0 Å². The summed E-state index contributed by atoms with van der Waals surface area (Å²) in [4.78, 5) is 12.8. The van der Waals surface area contributed by atoms with Crippen molar-refractivity contribution in [2.45, 2.75) is 56.9 Å². The lowest BCUT2D eigenvalue weighted by molar-refractivity contribution is -0.123. The average molecular weight is 369 g/mol. The average Bonchev–Trinajstić information content (AvgIpc) is 3.00. The molecule has 5 nitrogen and oxygen atoms in total. The zero-order chi connectivity index (χ0) is 19.7. The summed E-state index contributed by atoms with van der Waals surface area (Å²) in [7, 11) is 3.67. The molecule has 1 atom stereocenters. The van der Waals surface area contributed by atoms with Crippen LogP contribution in [0.25, 0.3) is 0 Å². The summed E-state index contributed by atoms with van der Waals surface area (Å²) in [5.41, 5.74) is 3.79. The fourth-order valence-electron chi connectivity index (χ4n) is 3.89.